The van der Waals surface area contributed by atoms with Crippen LogP contribution in [0.4, 0.5) is 0 Å². The lowest BCUT2D eigenvalue weighted by atomic mass is 10.7. The van der Waals surface area contributed by atoms with Gasteiger partial charge in [0.15, 0.2) is 0 Å². The summed E-state index contributed by atoms with van der Waals surface area (Å²) in [5.74, 6) is 1.06. The van der Waals surface area contributed by atoms with Crippen LogP contribution in [0.25, 0.3) is 0 Å². The molecule has 1 fully saturated rings. The SMILES string of the molecule is CC(=O)N1CS1. The smallest absolute Gasteiger partial charge is 0.230 e. The van der Waals surface area contributed by atoms with E-state index in [1.54, 1.807) is 23.2 Å². The van der Waals surface area contributed by atoms with E-state index in [1.165, 1.54) is 0 Å². The van der Waals surface area contributed by atoms with Crippen LogP contribution in [-0.4, -0.2) is 16.1 Å². The van der Waals surface area contributed by atoms with Gasteiger partial charge in [0.2, 0.25) is 5.91 Å². The first kappa shape index (κ1) is 3.99. The van der Waals surface area contributed by atoms with Gasteiger partial charge in [-0.1, -0.05) is 0 Å². The van der Waals surface area contributed by atoms with Crippen LogP contribution in [0.5, 0.6) is 0 Å². The van der Waals surface area contributed by atoms with Gasteiger partial charge in [0.05, 0.1) is 5.88 Å². The highest BCUT2D eigenvalue weighted by Gasteiger charge is 2.21. The summed E-state index contributed by atoms with van der Waals surface area (Å²) in [6.07, 6.45) is 0. The molecule has 3 heteroatoms. The summed E-state index contributed by atoms with van der Waals surface area (Å²) in [4.78, 5) is 10.1. The fourth-order valence-corrected chi connectivity index (χ4v) is 0.632. The Morgan fingerprint density at radius 3 is 2.50 bits per heavy atom. The molecular formula is C3H5NOS. The van der Waals surface area contributed by atoms with E-state index in [9.17, 15) is 4.79 Å². The van der Waals surface area contributed by atoms with Crippen molar-refractivity contribution in [1.82, 2.24) is 4.31 Å². The monoisotopic (exact) mass is 103 g/mol. The van der Waals surface area contributed by atoms with Crippen LogP contribution in [0.2, 0.25) is 0 Å². The van der Waals surface area contributed by atoms with Crippen molar-refractivity contribution in [3.05, 3.63) is 0 Å². The fourth-order valence-electron chi connectivity index (χ4n) is 0.211. The van der Waals surface area contributed by atoms with Crippen molar-refractivity contribution in [1.29, 1.82) is 0 Å². The molecule has 0 saturated carbocycles. The lowest BCUT2D eigenvalue weighted by molar-refractivity contribution is -0.122. The largest absolute Gasteiger partial charge is 0.274 e. The summed E-state index contributed by atoms with van der Waals surface area (Å²) < 4.78 is 1.69. The van der Waals surface area contributed by atoms with Gasteiger partial charge in [-0.3, -0.25) is 9.10 Å². The standard InChI is InChI=1S/C3H5NOS/c1-3(5)4-2-6-4/h2H2,1H3. The minimum Gasteiger partial charge on any atom is -0.274 e. The lowest BCUT2D eigenvalue weighted by Crippen LogP contribution is -1.99. The van der Waals surface area contributed by atoms with Crippen molar-refractivity contribution in [3.8, 4) is 0 Å². The van der Waals surface area contributed by atoms with Gasteiger partial charge in [-0.25, -0.2) is 0 Å². The number of nitrogens with zero attached hydrogens (tertiary/aromatic N) is 1. The van der Waals surface area contributed by atoms with Crippen molar-refractivity contribution >= 4 is 17.9 Å². The van der Waals surface area contributed by atoms with Gasteiger partial charge in [0, 0.05) is 6.92 Å². The normalized spacial score (nSPS) is 17.8. The van der Waals surface area contributed by atoms with Gasteiger partial charge in [0.25, 0.3) is 0 Å². The molecule has 0 spiro atoms. The number of hydrogen-bond donors (Lipinski definition) is 0. The predicted molar refractivity (Wildman–Crippen MR) is 25.0 cm³/mol. The van der Waals surface area contributed by atoms with E-state index in [-0.39, 0.29) is 5.91 Å². The van der Waals surface area contributed by atoms with Crippen LogP contribution >= 0.6 is 11.9 Å². The molecule has 0 N–H and O–H groups in total. The summed E-state index contributed by atoms with van der Waals surface area (Å²) >= 11 is 1.56. The Kier molecular flexibility index (Phi) is 0.765. The molecule has 1 rings (SSSR count). The van der Waals surface area contributed by atoms with Crippen LogP contribution in [0.15, 0.2) is 0 Å². The highest BCUT2D eigenvalue weighted by atomic mass is 32.2. The first-order chi connectivity index (χ1) is 2.80. The van der Waals surface area contributed by atoms with Crippen molar-refractivity contribution in [3.63, 3.8) is 0 Å². The van der Waals surface area contributed by atoms with Gasteiger partial charge < -0.3 is 0 Å². The molecule has 1 heterocycles. The molecule has 6 heavy (non-hydrogen) atoms. The quantitative estimate of drug-likeness (QED) is 0.328. The maximum atomic E-state index is 10.1. The summed E-state index contributed by atoms with van der Waals surface area (Å²) in [6.45, 7) is 1.57. The molecule has 0 radical (unpaired) electrons. The number of rotatable bonds is 0. The Morgan fingerprint density at radius 1 is 2.00 bits per heavy atom. The zero-order valence-corrected chi connectivity index (χ0v) is 4.29. The Labute approximate surface area is 40.6 Å². The molecule has 0 bridgehead atoms. The van der Waals surface area contributed by atoms with Crippen molar-refractivity contribution in [2.75, 3.05) is 5.88 Å². The molecule has 0 aromatic rings. The number of amides is 1. The van der Waals surface area contributed by atoms with E-state index >= 15 is 0 Å². The van der Waals surface area contributed by atoms with Crippen molar-refractivity contribution in [2.24, 2.45) is 0 Å². The first-order valence-electron chi connectivity index (χ1n) is 1.72. The van der Waals surface area contributed by atoms with Gasteiger partial charge in [-0.2, -0.15) is 0 Å². The second-order valence-electron chi connectivity index (χ2n) is 1.16. The third-order valence-electron chi connectivity index (χ3n) is 0.609. The minimum absolute atomic E-state index is 0.167. The zero-order chi connectivity index (χ0) is 4.57. The average molecular weight is 103 g/mol. The van der Waals surface area contributed by atoms with E-state index in [1.807, 2.05) is 0 Å². The summed E-state index contributed by atoms with van der Waals surface area (Å²) in [6, 6.07) is 0. The summed E-state index contributed by atoms with van der Waals surface area (Å²) in [5, 5.41) is 0. The van der Waals surface area contributed by atoms with E-state index < -0.39 is 0 Å². The molecule has 1 aliphatic heterocycles. The molecule has 34 valence electrons. The Hall–Kier alpha value is -0.180. The molecule has 2 nitrogen and oxygen atoms in total. The first-order valence-corrected chi connectivity index (χ1v) is 2.66. The molecule has 1 amide bonds. The fraction of sp³-hybridized carbons (Fsp3) is 0.667. The van der Waals surface area contributed by atoms with Crippen LogP contribution in [-0.2, 0) is 4.79 Å². The highest BCUT2D eigenvalue weighted by molar-refractivity contribution is 8.03. The van der Waals surface area contributed by atoms with Crippen LogP contribution in [0, 0.1) is 0 Å². The van der Waals surface area contributed by atoms with Crippen molar-refractivity contribution < 1.29 is 4.79 Å². The lowest BCUT2D eigenvalue weighted by Gasteiger charge is -1.82. The van der Waals surface area contributed by atoms with E-state index in [0.717, 1.165) is 5.88 Å². The molecular weight excluding hydrogens is 98.1 g/mol. The van der Waals surface area contributed by atoms with Gasteiger partial charge in [-0.05, 0) is 11.9 Å². The number of hydrogen-bond acceptors (Lipinski definition) is 2. The molecule has 0 aliphatic carbocycles. The van der Waals surface area contributed by atoms with E-state index in [4.69, 9.17) is 0 Å². The second kappa shape index (κ2) is 1.15. The van der Waals surface area contributed by atoms with E-state index in [0.29, 0.717) is 0 Å². The average Bonchev–Trinajstić information content (AvgIpc) is 2.06. The Bertz CT molecular complexity index is 78.9. The number of carbonyl (C=O) groups excluding carboxylic acids is 1. The van der Waals surface area contributed by atoms with Crippen LogP contribution in [0.1, 0.15) is 6.92 Å². The number of carbonyl (C=O) groups is 1. The Balaban J connectivity index is 2.31. The van der Waals surface area contributed by atoms with Gasteiger partial charge >= 0.3 is 0 Å². The van der Waals surface area contributed by atoms with Crippen LogP contribution in [0.3, 0.4) is 0 Å². The third kappa shape index (κ3) is 0.653. The zero-order valence-electron chi connectivity index (χ0n) is 3.47. The molecule has 0 aromatic carbocycles. The molecule has 0 atom stereocenters. The molecule has 0 aromatic heterocycles. The minimum atomic E-state index is 0.167. The molecule has 1 aliphatic rings. The Morgan fingerprint density at radius 2 is 2.50 bits per heavy atom. The maximum absolute atomic E-state index is 10.1. The summed E-state index contributed by atoms with van der Waals surface area (Å²) in [5.41, 5.74) is 0. The third-order valence-corrected chi connectivity index (χ3v) is 1.38. The van der Waals surface area contributed by atoms with Gasteiger partial charge in [0.1, 0.15) is 0 Å². The molecule has 0 unspecified atom stereocenters. The predicted octanol–water partition coefficient (Wildman–Crippen LogP) is 0.454. The highest BCUT2D eigenvalue weighted by Crippen LogP contribution is 2.26. The van der Waals surface area contributed by atoms with Crippen LogP contribution < -0.4 is 0 Å². The second-order valence-corrected chi connectivity index (χ2v) is 2.11. The molecule has 1 saturated heterocycles. The summed E-state index contributed by atoms with van der Waals surface area (Å²) in [7, 11) is 0. The van der Waals surface area contributed by atoms with E-state index in [2.05, 4.69) is 0 Å². The van der Waals surface area contributed by atoms with Gasteiger partial charge in [-0.15, -0.1) is 0 Å². The van der Waals surface area contributed by atoms with Crippen molar-refractivity contribution in [2.45, 2.75) is 6.92 Å². The maximum Gasteiger partial charge on any atom is 0.230 e. The topological polar surface area (TPSA) is 20.1 Å².